The average Bonchev–Trinajstić information content (AvgIpc) is 3.45. The highest BCUT2D eigenvalue weighted by Crippen LogP contribution is 2.38. The maximum atomic E-state index is 12.2. The minimum Gasteiger partial charge on any atom is -0.389 e. The van der Waals surface area contributed by atoms with E-state index >= 15 is 0 Å². The summed E-state index contributed by atoms with van der Waals surface area (Å²) in [6, 6.07) is 14.9. The zero-order chi connectivity index (χ0) is 26.3. The molecule has 0 aliphatic carbocycles. The van der Waals surface area contributed by atoms with Gasteiger partial charge in [0.1, 0.15) is 15.0 Å². The number of aromatic nitrogens is 3. The largest absolute Gasteiger partial charge is 0.389 e. The molecule has 5 rings (SSSR count). The molecule has 3 heterocycles. The van der Waals surface area contributed by atoms with Gasteiger partial charge in [-0.3, -0.25) is 0 Å². The van der Waals surface area contributed by atoms with Gasteiger partial charge in [-0.1, -0.05) is 49.5 Å². The summed E-state index contributed by atoms with van der Waals surface area (Å²) in [6.07, 6.45) is 6.01. The smallest absolute Gasteiger partial charge is 0.211 e. The Hall–Kier alpha value is -2.66. The van der Waals surface area contributed by atoms with Crippen LogP contribution in [-0.4, -0.2) is 51.8 Å². The van der Waals surface area contributed by atoms with E-state index in [1.165, 1.54) is 11.8 Å². The number of fused-ring (bicyclic) bond motifs is 1. The number of rotatable bonds is 7. The third-order valence-electron chi connectivity index (χ3n) is 7.20. The van der Waals surface area contributed by atoms with Gasteiger partial charge in [0.2, 0.25) is 10.0 Å². The molecule has 7 nitrogen and oxygen atoms in total. The van der Waals surface area contributed by atoms with Crippen LogP contribution in [0.1, 0.15) is 40.5 Å². The second-order valence-corrected chi connectivity index (χ2v) is 13.6. The number of sulfonamides is 1. The van der Waals surface area contributed by atoms with Crippen molar-refractivity contribution in [1.82, 2.24) is 19.1 Å². The molecule has 2 atom stereocenters. The number of hydrogen-bond acceptors (Lipinski definition) is 6. The molecular formula is C27H31N5O2S3. The Morgan fingerprint density at radius 3 is 2.68 bits per heavy atom. The van der Waals surface area contributed by atoms with Crippen LogP contribution in [0.4, 0.5) is 0 Å². The standard InChI is InChI=1S/C27H31N5O2S3/c1-17-15-31(37(3,33)34)12-11-24(17)32-16-23(20-5-4-6-21(14-20)27(28)35)22-9-7-19(13-25(22)32)8-10-26-30-29-18(2)36-26/h4-7,9,13-14,16-17,24H,8,10-12,15H2,1-3H3,(H2,28,35). The fourth-order valence-corrected chi connectivity index (χ4v) is 7.07. The van der Waals surface area contributed by atoms with Crippen molar-refractivity contribution in [3.05, 3.63) is 69.8 Å². The highest BCUT2D eigenvalue weighted by molar-refractivity contribution is 7.88. The summed E-state index contributed by atoms with van der Waals surface area (Å²) in [5, 5.41) is 11.6. The molecule has 2 aromatic heterocycles. The van der Waals surface area contributed by atoms with Crippen LogP contribution in [0.2, 0.25) is 0 Å². The van der Waals surface area contributed by atoms with Crippen molar-refractivity contribution in [1.29, 1.82) is 0 Å². The molecule has 0 amide bonds. The van der Waals surface area contributed by atoms with E-state index in [1.54, 1.807) is 15.6 Å². The summed E-state index contributed by atoms with van der Waals surface area (Å²) in [5.74, 6) is 0.169. The van der Waals surface area contributed by atoms with E-state index in [1.807, 2.05) is 25.1 Å². The molecule has 2 aromatic carbocycles. The van der Waals surface area contributed by atoms with Crippen molar-refractivity contribution in [3.63, 3.8) is 0 Å². The van der Waals surface area contributed by atoms with Crippen molar-refractivity contribution >= 4 is 49.5 Å². The van der Waals surface area contributed by atoms with Crippen molar-refractivity contribution in [2.45, 2.75) is 39.2 Å². The summed E-state index contributed by atoms with van der Waals surface area (Å²) in [4.78, 5) is 0.376. The number of nitrogens with two attached hydrogens (primary N) is 1. The van der Waals surface area contributed by atoms with Gasteiger partial charge in [0.05, 0.1) is 6.26 Å². The first-order chi connectivity index (χ1) is 17.6. The Morgan fingerprint density at radius 1 is 1.19 bits per heavy atom. The SMILES string of the molecule is Cc1nnc(CCc2ccc3c(-c4cccc(C(N)=S)c4)cn(C4CCN(S(C)(=O)=O)CC4C)c3c2)s1. The molecule has 2 unspecified atom stereocenters. The molecule has 1 fully saturated rings. The van der Waals surface area contributed by atoms with Gasteiger partial charge in [0.15, 0.2) is 0 Å². The maximum absolute atomic E-state index is 12.2. The first-order valence-electron chi connectivity index (χ1n) is 12.4. The second kappa shape index (κ2) is 10.2. The van der Waals surface area contributed by atoms with Crippen LogP contribution in [0.25, 0.3) is 22.0 Å². The van der Waals surface area contributed by atoms with Crippen LogP contribution in [0.3, 0.4) is 0 Å². The minimum atomic E-state index is -3.21. The molecule has 0 spiro atoms. The molecule has 10 heteroatoms. The minimum absolute atomic E-state index is 0.169. The molecule has 2 N–H and O–H groups in total. The number of hydrogen-bond donors (Lipinski definition) is 1. The molecule has 194 valence electrons. The molecule has 1 aliphatic heterocycles. The summed E-state index contributed by atoms with van der Waals surface area (Å²) in [5.41, 5.74) is 11.4. The van der Waals surface area contributed by atoms with E-state index in [0.29, 0.717) is 18.1 Å². The Labute approximate surface area is 227 Å². The first-order valence-corrected chi connectivity index (χ1v) is 15.5. The molecule has 0 radical (unpaired) electrons. The highest BCUT2D eigenvalue weighted by Gasteiger charge is 2.32. The number of thiocarbonyl (C=S) groups is 1. The number of aryl methyl sites for hydroxylation is 3. The normalized spacial score (nSPS) is 18.9. The Bertz CT molecular complexity index is 1570. The topological polar surface area (TPSA) is 94.1 Å². The molecule has 0 bridgehead atoms. The maximum Gasteiger partial charge on any atom is 0.211 e. The van der Waals surface area contributed by atoms with Crippen LogP contribution in [0, 0.1) is 12.8 Å². The van der Waals surface area contributed by atoms with E-state index in [9.17, 15) is 8.42 Å². The second-order valence-electron chi connectivity index (χ2n) is 9.92. The van der Waals surface area contributed by atoms with E-state index in [0.717, 1.165) is 56.9 Å². The van der Waals surface area contributed by atoms with E-state index in [4.69, 9.17) is 18.0 Å². The van der Waals surface area contributed by atoms with Crippen LogP contribution in [0.5, 0.6) is 0 Å². The predicted molar refractivity (Wildman–Crippen MR) is 155 cm³/mol. The van der Waals surface area contributed by atoms with E-state index < -0.39 is 10.0 Å². The van der Waals surface area contributed by atoms with Crippen molar-refractivity contribution in [2.75, 3.05) is 19.3 Å². The summed E-state index contributed by atoms with van der Waals surface area (Å²) < 4.78 is 28.3. The lowest BCUT2D eigenvalue weighted by Gasteiger charge is -2.36. The monoisotopic (exact) mass is 553 g/mol. The fraction of sp³-hybridized carbons (Fsp3) is 0.370. The van der Waals surface area contributed by atoms with Gasteiger partial charge in [0, 0.05) is 53.8 Å². The Kier molecular flexibility index (Phi) is 7.19. The zero-order valence-corrected chi connectivity index (χ0v) is 23.7. The van der Waals surface area contributed by atoms with Crippen LogP contribution < -0.4 is 5.73 Å². The molecule has 1 aliphatic rings. The van der Waals surface area contributed by atoms with Gasteiger partial charge in [-0.2, -0.15) is 0 Å². The molecule has 0 saturated carbocycles. The Balaban J connectivity index is 1.56. The van der Waals surface area contributed by atoms with Crippen molar-refractivity contribution in [2.24, 2.45) is 11.7 Å². The first kappa shape index (κ1) is 26.0. The van der Waals surface area contributed by atoms with Gasteiger partial charge in [-0.15, -0.1) is 21.5 Å². The Morgan fingerprint density at radius 2 is 2.00 bits per heavy atom. The van der Waals surface area contributed by atoms with E-state index in [2.05, 4.69) is 52.2 Å². The number of nitrogens with zero attached hydrogens (tertiary/aromatic N) is 4. The molecular weight excluding hydrogens is 523 g/mol. The number of piperidine rings is 1. The van der Waals surface area contributed by atoms with Crippen LogP contribution >= 0.6 is 23.6 Å². The van der Waals surface area contributed by atoms with Gasteiger partial charge < -0.3 is 10.3 Å². The highest BCUT2D eigenvalue weighted by atomic mass is 32.2. The summed E-state index contributed by atoms with van der Waals surface area (Å²) >= 11 is 6.87. The molecule has 37 heavy (non-hydrogen) atoms. The van der Waals surface area contributed by atoms with Gasteiger partial charge in [-0.05, 0) is 48.9 Å². The number of benzene rings is 2. The van der Waals surface area contributed by atoms with Gasteiger partial charge in [-0.25, -0.2) is 12.7 Å². The lowest BCUT2D eigenvalue weighted by Crippen LogP contribution is -2.42. The van der Waals surface area contributed by atoms with Gasteiger partial charge in [0.25, 0.3) is 0 Å². The lowest BCUT2D eigenvalue weighted by atomic mass is 9.95. The van der Waals surface area contributed by atoms with Crippen LogP contribution in [-0.2, 0) is 22.9 Å². The fourth-order valence-electron chi connectivity index (χ4n) is 5.30. The molecule has 4 aromatic rings. The predicted octanol–water partition coefficient (Wildman–Crippen LogP) is 4.73. The van der Waals surface area contributed by atoms with Gasteiger partial charge >= 0.3 is 0 Å². The third kappa shape index (κ3) is 5.47. The average molecular weight is 554 g/mol. The lowest BCUT2D eigenvalue weighted by molar-refractivity contribution is 0.206. The van der Waals surface area contributed by atoms with Crippen LogP contribution in [0.15, 0.2) is 48.7 Å². The van der Waals surface area contributed by atoms with E-state index in [-0.39, 0.29) is 12.0 Å². The third-order valence-corrected chi connectivity index (χ3v) is 9.61. The molecule has 1 saturated heterocycles. The zero-order valence-electron chi connectivity index (χ0n) is 21.2. The summed E-state index contributed by atoms with van der Waals surface area (Å²) in [6.45, 7) is 5.16. The van der Waals surface area contributed by atoms with Crippen molar-refractivity contribution < 1.29 is 8.42 Å². The van der Waals surface area contributed by atoms with Crippen molar-refractivity contribution in [3.8, 4) is 11.1 Å². The quantitative estimate of drug-likeness (QED) is 0.333. The summed E-state index contributed by atoms with van der Waals surface area (Å²) in [7, 11) is -3.21.